The molecular formula is C18H26N6O3. The summed E-state index contributed by atoms with van der Waals surface area (Å²) in [5.41, 5.74) is 1.04. The Kier molecular flexibility index (Phi) is 6.36. The van der Waals surface area contributed by atoms with Crippen LogP contribution in [-0.2, 0) is 22.6 Å². The first-order valence-electron chi connectivity index (χ1n) is 9.03. The van der Waals surface area contributed by atoms with Crippen LogP contribution in [0.25, 0.3) is 0 Å². The third-order valence-corrected chi connectivity index (χ3v) is 4.93. The maximum atomic E-state index is 12.7. The molecule has 1 unspecified atom stereocenters. The van der Waals surface area contributed by atoms with E-state index in [1.54, 1.807) is 23.7 Å². The van der Waals surface area contributed by atoms with Crippen LogP contribution in [0.5, 0.6) is 5.75 Å². The van der Waals surface area contributed by atoms with Gasteiger partial charge in [0.25, 0.3) is 0 Å². The number of rotatable bonds is 7. The predicted molar refractivity (Wildman–Crippen MR) is 98.1 cm³/mol. The molecule has 3 rings (SSSR count). The second-order valence-corrected chi connectivity index (χ2v) is 6.60. The number of hydrogen-bond acceptors (Lipinski definition) is 7. The zero-order valence-corrected chi connectivity index (χ0v) is 16.0. The van der Waals surface area contributed by atoms with Gasteiger partial charge in [0.1, 0.15) is 12.3 Å². The summed E-state index contributed by atoms with van der Waals surface area (Å²) in [7, 11) is 3.43. The van der Waals surface area contributed by atoms with E-state index >= 15 is 0 Å². The highest BCUT2D eigenvalue weighted by Crippen LogP contribution is 2.22. The molecule has 0 saturated carbocycles. The van der Waals surface area contributed by atoms with Crippen LogP contribution < -0.4 is 4.74 Å². The number of morpholine rings is 1. The number of carbonyl (C=O) groups is 1. The molecule has 2 aromatic rings. The highest BCUT2D eigenvalue weighted by molar-refractivity contribution is 5.76. The number of benzene rings is 1. The van der Waals surface area contributed by atoms with E-state index in [0.717, 1.165) is 24.4 Å². The van der Waals surface area contributed by atoms with Gasteiger partial charge in [-0.2, -0.15) is 0 Å². The molecule has 0 aliphatic carbocycles. The fourth-order valence-electron chi connectivity index (χ4n) is 2.98. The normalized spacial score (nSPS) is 16.1. The summed E-state index contributed by atoms with van der Waals surface area (Å²) < 4.78 is 12.1. The van der Waals surface area contributed by atoms with Gasteiger partial charge in [-0.1, -0.05) is 12.1 Å². The molecule has 27 heavy (non-hydrogen) atoms. The van der Waals surface area contributed by atoms with Gasteiger partial charge in [-0.25, -0.2) is 4.68 Å². The van der Waals surface area contributed by atoms with Crippen LogP contribution in [0.15, 0.2) is 24.3 Å². The second kappa shape index (κ2) is 8.92. The van der Waals surface area contributed by atoms with Crippen LogP contribution in [0.3, 0.4) is 0 Å². The lowest BCUT2D eigenvalue weighted by molar-refractivity contribution is -0.132. The van der Waals surface area contributed by atoms with Crippen LogP contribution in [-0.4, -0.2) is 76.4 Å². The first kappa shape index (κ1) is 19.2. The predicted octanol–water partition coefficient (Wildman–Crippen LogP) is 0.734. The lowest BCUT2D eigenvalue weighted by Crippen LogP contribution is -2.37. The Morgan fingerprint density at radius 1 is 1.30 bits per heavy atom. The molecule has 1 aromatic heterocycles. The highest BCUT2D eigenvalue weighted by Gasteiger charge is 2.21. The number of amides is 1. The van der Waals surface area contributed by atoms with Crippen molar-refractivity contribution in [1.29, 1.82) is 0 Å². The molecule has 1 amide bonds. The summed E-state index contributed by atoms with van der Waals surface area (Å²) in [6, 6.07) is 7.66. The van der Waals surface area contributed by atoms with Crippen LogP contribution in [0.4, 0.5) is 0 Å². The largest absolute Gasteiger partial charge is 0.497 e. The second-order valence-electron chi connectivity index (χ2n) is 6.60. The molecule has 0 spiro atoms. The monoisotopic (exact) mass is 374 g/mol. The quantitative estimate of drug-likeness (QED) is 0.706. The van der Waals surface area contributed by atoms with Gasteiger partial charge in [0, 0.05) is 20.1 Å². The number of ether oxygens (including phenoxy) is 2. The topological polar surface area (TPSA) is 85.6 Å². The van der Waals surface area contributed by atoms with Crippen LogP contribution in [0.2, 0.25) is 0 Å². The van der Waals surface area contributed by atoms with Gasteiger partial charge < -0.3 is 14.4 Å². The molecule has 146 valence electrons. The molecule has 1 aliphatic heterocycles. The lowest BCUT2D eigenvalue weighted by atomic mass is 10.1. The molecule has 2 heterocycles. The maximum absolute atomic E-state index is 12.7. The molecule has 1 fully saturated rings. The van der Waals surface area contributed by atoms with Gasteiger partial charge >= 0.3 is 0 Å². The van der Waals surface area contributed by atoms with E-state index in [1.807, 2.05) is 31.2 Å². The van der Waals surface area contributed by atoms with Crippen LogP contribution >= 0.6 is 0 Å². The molecule has 1 saturated heterocycles. The molecule has 1 atom stereocenters. The van der Waals surface area contributed by atoms with E-state index in [9.17, 15) is 4.79 Å². The molecule has 9 heteroatoms. The SMILES string of the molecule is COc1ccc(C(C)N(C)C(=O)Cn2nnnc2CN2CCOCC2)cc1. The number of methoxy groups -OCH3 is 1. The Balaban J connectivity index is 1.61. The smallest absolute Gasteiger partial charge is 0.244 e. The average molecular weight is 374 g/mol. The average Bonchev–Trinajstić information content (AvgIpc) is 3.14. The van der Waals surface area contributed by atoms with Crippen molar-refractivity contribution in [2.24, 2.45) is 0 Å². The summed E-state index contributed by atoms with van der Waals surface area (Å²) in [6.45, 7) is 5.83. The van der Waals surface area contributed by atoms with Crippen molar-refractivity contribution in [3.63, 3.8) is 0 Å². The fraction of sp³-hybridized carbons (Fsp3) is 0.556. The molecule has 0 N–H and O–H groups in total. The first-order valence-corrected chi connectivity index (χ1v) is 9.03. The molecule has 9 nitrogen and oxygen atoms in total. The van der Waals surface area contributed by atoms with Gasteiger partial charge in [-0.05, 0) is 35.0 Å². The maximum Gasteiger partial charge on any atom is 0.244 e. The number of hydrogen-bond donors (Lipinski definition) is 0. The van der Waals surface area contributed by atoms with Gasteiger partial charge in [-0.3, -0.25) is 9.69 Å². The third-order valence-electron chi connectivity index (χ3n) is 4.93. The van der Waals surface area contributed by atoms with E-state index in [2.05, 4.69) is 20.4 Å². The third kappa shape index (κ3) is 4.81. The fourth-order valence-corrected chi connectivity index (χ4v) is 2.98. The Bertz CT molecular complexity index is 742. The summed E-state index contributed by atoms with van der Waals surface area (Å²) in [5.74, 6) is 1.44. The van der Waals surface area contributed by atoms with Crippen LogP contribution in [0.1, 0.15) is 24.4 Å². The van der Waals surface area contributed by atoms with Crippen molar-refractivity contribution in [1.82, 2.24) is 30.0 Å². The van der Waals surface area contributed by atoms with E-state index < -0.39 is 0 Å². The number of aromatic nitrogens is 4. The standard InChI is InChI=1S/C18H26N6O3/c1-14(15-4-6-16(26-3)7-5-15)22(2)18(25)13-24-17(19-20-21-24)12-23-8-10-27-11-9-23/h4-7,14H,8-13H2,1-3H3. The van der Waals surface area contributed by atoms with E-state index in [-0.39, 0.29) is 18.5 Å². The van der Waals surface area contributed by atoms with Gasteiger partial charge in [0.15, 0.2) is 5.82 Å². The molecule has 0 bridgehead atoms. The van der Waals surface area contributed by atoms with E-state index in [0.29, 0.717) is 25.6 Å². The minimum atomic E-state index is -0.0671. The lowest BCUT2D eigenvalue weighted by Gasteiger charge is -2.27. The van der Waals surface area contributed by atoms with Crippen molar-refractivity contribution < 1.29 is 14.3 Å². The summed E-state index contributed by atoms with van der Waals surface area (Å²) >= 11 is 0. The number of tetrazole rings is 1. The van der Waals surface area contributed by atoms with Crippen molar-refractivity contribution in [3.05, 3.63) is 35.7 Å². The first-order chi connectivity index (χ1) is 13.1. The van der Waals surface area contributed by atoms with Crippen LogP contribution in [0, 0.1) is 0 Å². The Morgan fingerprint density at radius 3 is 2.67 bits per heavy atom. The Hall–Kier alpha value is -2.52. The summed E-state index contributed by atoms with van der Waals surface area (Å²) in [5, 5.41) is 11.8. The zero-order valence-electron chi connectivity index (χ0n) is 16.0. The van der Waals surface area contributed by atoms with Gasteiger partial charge in [0.05, 0.1) is 32.9 Å². The van der Waals surface area contributed by atoms with Crippen molar-refractivity contribution in [2.45, 2.75) is 26.1 Å². The number of likely N-dealkylation sites (N-methyl/N-ethyl adjacent to an activating group) is 1. The minimum Gasteiger partial charge on any atom is -0.497 e. The molecular weight excluding hydrogens is 348 g/mol. The Morgan fingerprint density at radius 2 is 2.00 bits per heavy atom. The Labute approximate surface area is 158 Å². The van der Waals surface area contributed by atoms with E-state index in [1.165, 1.54) is 0 Å². The summed E-state index contributed by atoms with van der Waals surface area (Å²) in [4.78, 5) is 16.7. The van der Waals surface area contributed by atoms with Gasteiger partial charge in [0.2, 0.25) is 5.91 Å². The van der Waals surface area contributed by atoms with Crippen molar-refractivity contribution >= 4 is 5.91 Å². The van der Waals surface area contributed by atoms with Crippen molar-refractivity contribution in [2.75, 3.05) is 40.5 Å². The molecule has 1 aliphatic rings. The van der Waals surface area contributed by atoms with Gasteiger partial charge in [-0.15, -0.1) is 5.10 Å². The molecule has 1 aromatic carbocycles. The minimum absolute atomic E-state index is 0.0474. The number of carbonyl (C=O) groups excluding carboxylic acids is 1. The highest BCUT2D eigenvalue weighted by atomic mass is 16.5. The van der Waals surface area contributed by atoms with Crippen molar-refractivity contribution in [3.8, 4) is 5.75 Å². The number of nitrogens with zero attached hydrogens (tertiary/aromatic N) is 6. The summed E-state index contributed by atoms with van der Waals surface area (Å²) in [6.07, 6.45) is 0. The zero-order chi connectivity index (χ0) is 19.2. The van der Waals surface area contributed by atoms with E-state index in [4.69, 9.17) is 9.47 Å². The molecule has 0 radical (unpaired) electrons.